The molecule has 3 atom stereocenters. The number of H-pyrrole nitrogens is 1. The molecule has 2 heterocycles. The maximum Gasteiger partial charge on any atom is 0.258 e. The molecule has 2 fully saturated rings. The summed E-state index contributed by atoms with van der Waals surface area (Å²) in [5.41, 5.74) is 0.815. The van der Waals surface area contributed by atoms with Gasteiger partial charge in [-0.25, -0.2) is 4.98 Å². The molecule has 1 aliphatic carbocycles. The van der Waals surface area contributed by atoms with Crippen LogP contribution >= 0.6 is 0 Å². The van der Waals surface area contributed by atoms with Crippen molar-refractivity contribution in [3.05, 3.63) is 40.4 Å². The van der Waals surface area contributed by atoms with Crippen molar-refractivity contribution in [2.24, 2.45) is 5.92 Å². The van der Waals surface area contributed by atoms with Gasteiger partial charge in [0.15, 0.2) is 5.82 Å². The minimum atomic E-state index is -0.00259. The smallest absolute Gasteiger partial charge is 0.258 e. The van der Waals surface area contributed by atoms with Crippen LogP contribution in [0.25, 0.3) is 10.9 Å². The van der Waals surface area contributed by atoms with Crippen molar-refractivity contribution in [3.8, 4) is 0 Å². The first-order valence-corrected chi connectivity index (χ1v) is 8.64. The second-order valence-corrected chi connectivity index (χ2v) is 6.91. The number of quaternary nitrogens is 1. The topological polar surface area (TPSA) is 50.2 Å². The summed E-state index contributed by atoms with van der Waals surface area (Å²) < 4.78 is 0. The standard InChI is InChI=1S/C18H23N3O/c22-18-14-8-2-3-9-15(14)19-17(20-18)12-21-11-5-7-13-6-1-4-10-16(13)21/h2-3,8-9,13,16H,1,4-7,10-12H2,(H,19,20,22)/p+1/t13-,16-/m0/s1. The van der Waals surface area contributed by atoms with E-state index in [0.717, 1.165) is 29.8 Å². The van der Waals surface area contributed by atoms with Crippen LogP contribution in [0.5, 0.6) is 0 Å². The van der Waals surface area contributed by atoms with E-state index in [1.165, 1.54) is 45.1 Å². The molecule has 1 unspecified atom stereocenters. The highest BCUT2D eigenvalue weighted by Gasteiger charge is 2.36. The van der Waals surface area contributed by atoms with Crippen molar-refractivity contribution >= 4 is 10.9 Å². The molecular weight excluding hydrogens is 274 g/mol. The zero-order valence-electron chi connectivity index (χ0n) is 13.0. The fourth-order valence-corrected chi connectivity index (χ4v) is 4.52. The second-order valence-electron chi connectivity index (χ2n) is 6.91. The summed E-state index contributed by atoms with van der Waals surface area (Å²) in [6, 6.07) is 8.39. The van der Waals surface area contributed by atoms with E-state index in [2.05, 4.69) is 4.98 Å². The number of nitrogens with zero attached hydrogens (tertiary/aromatic N) is 1. The van der Waals surface area contributed by atoms with Crippen LogP contribution in [0, 0.1) is 5.92 Å². The first-order chi connectivity index (χ1) is 10.8. The molecule has 4 heteroatoms. The molecule has 2 aromatic rings. The van der Waals surface area contributed by atoms with Crippen molar-refractivity contribution in [2.75, 3.05) is 6.54 Å². The summed E-state index contributed by atoms with van der Waals surface area (Å²) in [7, 11) is 0. The van der Waals surface area contributed by atoms with Crippen LogP contribution in [0.1, 0.15) is 44.3 Å². The second kappa shape index (κ2) is 5.84. The maximum absolute atomic E-state index is 12.2. The SMILES string of the molecule is O=c1[nH]c(C[NH+]2CCC[C@@H]3CCCC[C@@H]32)nc2ccccc12. The maximum atomic E-state index is 12.2. The van der Waals surface area contributed by atoms with E-state index < -0.39 is 0 Å². The highest BCUT2D eigenvalue weighted by molar-refractivity contribution is 5.77. The number of hydrogen-bond acceptors (Lipinski definition) is 2. The van der Waals surface area contributed by atoms with E-state index in [9.17, 15) is 4.79 Å². The van der Waals surface area contributed by atoms with Crippen molar-refractivity contribution in [2.45, 2.75) is 51.1 Å². The van der Waals surface area contributed by atoms with Crippen molar-refractivity contribution in [1.29, 1.82) is 0 Å². The van der Waals surface area contributed by atoms with Gasteiger partial charge in [-0.1, -0.05) is 18.6 Å². The Kier molecular flexibility index (Phi) is 3.70. The molecule has 4 rings (SSSR count). The minimum Gasteiger partial charge on any atom is -0.326 e. The normalized spacial score (nSPS) is 28.5. The number of piperidine rings is 1. The van der Waals surface area contributed by atoms with E-state index in [1.54, 1.807) is 4.90 Å². The molecule has 0 spiro atoms. The molecule has 116 valence electrons. The average molecular weight is 298 g/mol. The number of hydrogen-bond donors (Lipinski definition) is 2. The van der Waals surface area contributed by atoms with Gasteiger partial charge in [-0.15, -0.1) is 0 Å². The third-order valence-corrected chi connectivity index (χ3v) is 5.56. The van der Waals surface area contributed by atoms with Gasteiger partial charge in [0.1, 0.15) is 6.54 Å². The highest BCUT2D eigenvalue weighted by atomic mass is 16.1. The number of aromatic nitrogens is 2. The predicted octanol–water partition coefficient (Wildman–Crippen LogP) is 1.66. The highest BCUT2D eigenvalue weighted by Crippen LogP contribution is 2.28. The molecule has 1 saturated heterocycles. The quantitative estimate of drug-likeness (QED) is 0.886. The van der Waals surface area contributed by atoms with Gasteiger partial charge in [-0.2, -0.15) is 0 Å². The van der Waals surface area contributed by atoms with Crippen LogP contribution in [0.2, 0.25) is 0 Å². The first kappa shape index (κ1) is 13.9. The Hall–Kier alpha value is -1.68. The predicted molar refractivity (Wildman–Crippen MR) is 86.9 cm³/mol. The third-order valence-electron chi connectivity index (χ3n) is 5.56. The van der Waals surface area contributed by atoms with Gasteiger partial charge in [0.25, 0.3) is 5.56 Å². The summed E-state index contributed by atoms with van der Waals surface area (Å²) in [6.45, 7) is 2.08. The Morgan fingerprint density at radius 1 is 1.14 bits per heavy atom. The summed E-state index contributed by atoms with van der Waals surface area (Å²) in [5.74, 6) is 1.75. The van der Waals surface area contributed by atoms with Crippen LogP contribution in [0.15, 0.2) is 29.1 Å². The number of rotatable bonds is 2. The van der Waals surface area contributed by atoms with E-state index in [4.69, 9.17) is 4.98 Å². The monoisotopic (exact) mass is 298 g/mol. The van der Waals surface area contributed by atoms with Gasteiger partial charge in [0.2, 0.25) is 0 Å². The average Bonchev–Trinajstić information content (AvgIpc) is 2.55. The number of aromatic amines is 1. The lowest BCUT2D eigenvalue weighted by atomic mass is 9.78. The van der Waals surface area contributed by atoms with Crippen LogP contribution < -0.4 is 10.5 Å². The Balaban J connectivity index is 1.61. The number of likely N-dealkylation sites (tertiary alicyclic amines) is 1. The molecule has 0 amide bonds. The number of fused-ring (bicyclic) bond motifs is 2. The molecule has 0 radical (unpaired) electrons. The molecule has 2 N–H and O–H groups in total. The Morgan fingerprint density at radius 3 is 2.91 bits per heavy atom. The van der Waals surface area contributed by atoms with Crippen LogP contribution in [0.4, 0.5) is 0 Å². The van der Waals surface area contributed by atoms with Gasteiger partial charge in [-0.3, -0.25) is 4.79 Å². The summed E-state index contributed by atoms with van der Waals surface area (Å²) in [4.78, 5) is 21.5. The molecule has 22 heavy (non-hydrogen) atoms. The summed E-state index contributed by atoms with van der Waals surface area (Å²) in [5, 5.41) is 0.690. The van der Waals surface area contributed by atoms with Crippen LogP contribution in [-0.4, -0.2) is 22.6 Å². The van der Waals surface area contributed by atoms with Crippen molar-refractivity contribution in [1.82, 2.24) is 9.97 Å². The minimum absolute atomic E-state index is 0.00259. The van der Waals surface area contributed by atoms with Gasteiger partial charge in [-0.05, 0) is 44.2 Å². The van der Waals surface area contributed by atoms with Gasteiger partial charge in [0.05, 0.1) is 23.5 Å². The van der Waals surface area contributed by atoms with E-state index >= 15 is 0 Å². The Morgan fingerprint density at radius 2 is 1.95 bits per heavy atom. The molecule has 4 nitrogen and oxygen atoms in total. The molecule has 2 aliphatic rings. The third kappa shape index (κ3) is 2.56. The van der Waals surface area contributed by atoms with Crippen molar-refractivity contribution in [3.63, 3.8) is 0 Å². The largest absolute Gasteiger partial charge is 0.326 e. The van der Waals surface area contributed by atoms with E-state index in [1.807, 2.05) is 24.3 Å². The fraction of sp³-hybridized carbons (Fsp3) is 0.556. The van der Waals surface area contributed by atoms with E-state index in [-0.39, 0.29) is 5.56 Å². The lowest BCUT2D eigenvalue weighted by Gasteiger charge is -2.40. The molecule has 1 saturated carbocycles. The van der Waals surface area contributed by atoms with E-state index in [0.29, 0.717) is 5.39 Å². The molecule has 1 aromatic carbocycles. The van der Waals surface area contributed by atoms with Gasteiger partial charge in [0, 0.05) is 5.92 Å². The lowest BCUT2D eigenvalue weighted by molar-refractivity contribution is -0.949. The molecule has 1 aliphatic heterocycles. The van der Waals surface area contributed by atoms with Crippen LogP contribution in [0.3, 0.4) is 0 Å². The fourth-order valence-electron chi connectivity index (χ4n) is 4.52. The zero-order valence-corrected chi connectivity index (χ0v) is 13.0. The van der Waals surface area contributed by atoms with Gasteiger partial charge < -0.3 is 9.88 Å². The first-order valence-electron chi connectivity index (χ1n) is 8.64. The molecule has 0 bridgehead atoms. The van der Waals surface area contributed by atoms with Crippen LogP contribution in [-0.2, 0) is 6.54 Å². The Labute approximate surface area is 130 Å². The number of para-hydroxylation sites is 1. The summed E-state index contributed by atoms with van der Waals surface area (Å²) >= 11 is 0. The summed E-state index contributed by atoms with van der Waals surface area (Å²) in [6.07, 6.45) is 8.23. The van der Waals surface area contributed by atoms with Gasteiger partial charge >= 0.3 is 0 Å². The molecular formula is C18H24N3O+. The molecule has 1 aromatic heterocycles. The Bertz CT molecular complexity index is 722. The number of benzene rings is 1. The lowest BCUT2D eigenvalue weighted by Crippen LogP contribution is -3.16. The number of nitrogens with one attached hydrogen (secondary N) is 2. The van der Waals surface area contributed by atoms with Crippen molar-refractivity contribution < 1.29 is 4.90 Å². The zero-order chi connectivity index (χ0) is 14.9.